The van der Waals surface area contributed by atoms with E-state index in [1.54, 1.807) is 51.7 Å². The maximum atomic E-state index is 13.8. The highest BCUT2D eigenvalue weighted by molar-refractivity contribution is 5.89. The number of hydrogen-bond acceptors (Lipinski definition) is 12. The van der Waals surface area contributed by atoms with E-state index < -0.39 is 88.3 Å². The van der Waals surface area contributed by atoms with Crippen molar-refractivity contribution in [1.82, 2.24) is 4.90 Å². The number of aliphatic hydroxyl groups excluding tert-OH is 2. The summed E-state index contributed by atoms with van der Waals surface area (Å²) >= 11 is 0. The predicted octanol–water partition coefficient (Wildman–Crippen LogP) is 0.648. The van der Waals surface area contributed by atoms with Gasteiger partial charge in [0.15, 0.2) is 5.60 Å². The summed E-state index contributed by atoms with van der Waals surface area (Å²) in [5.74, 6) is -3.65. The molecule has 6 fully saturated rings. The number of aliphatic hydroxyl groups is 3. The molecule has 7 bridgehead atoms. The van der Waals surface area contributed by atoms with Crippen LogP contribution in [0.5, 0.6) is 0 Å². The first-order valence-electron chi connectivity index (χ1n) is 16.3. The first-order valence-corrected chi connectivity index (χ1v) is 16.3. The molecule has 1 aromatic carbocycles. The average molecular weight is 646 g/mol. The fourth-order valence-electron chi connectivity index (χ4n) is 12.3. The van der Waals surface area contributed by atoms with Crippen molar-refractivity contribution in [2.75, 3.05) is 48.1 Å². The Morgan fingerprint density at radius 1 is 1.00 bits per heavy atom. The summed E-state index contributed by atoms with van der Waals surface area (Å²) < 4.78 is 37.4. The predicted molar refractivity (Wildman–Crippen MR) is 160 cm³/mol. The van der Waals surface area contributed by atoms with Crippen LogP contribution in [0.4, 0.5) is 0 Å². The zero-order valence-electron chi connectivity index (χ0n) is 27.3. The SMILES string of the molecule is CCN1C[C@]2(COC)[C@H](O)C[C@H](OC)[C@]34[C@@H]1[C@H]([C@H](OC)[C@H]23)[C@]1(OC(C)=O)[C@H]2[C@@H](OC(=O)c3ccccc3)[C@](O)(C[C@@H]24)[C@@H](OC)[C@@H]1O. The van der Waals surface area contributed by atoms with Crippen LogP contribution in [-0.2, 0) is 33.2 Å². The van der Waals surface area contributed by atoms with E-state index in [1.165, 1.54) is 14.0 Å². The fraction of sp³-hybridized carbons (Fsp3) is 0.765. The number of fused-ring (bicyclic) bond motifs is 2. The Labute approximate surface area is 269 Å². The monoisotopic (exact) mass is 645 g/mol. The van der Waals surface area contributed by atoms with E-state index in [2.05, 4.69) is 4.90 Å². The Morgan fingerprint density at radius 3 is 2.30 bits per heavy atom. The molecule has 15 atom stereocenters. The lowest BCUT2D eigenvalue weighted by molar-refractivity contribution is -0.322. The lowest BCUT2D eigenvalue weighted by atomic mass is 9.42. The molecule has 5 aliphatic carbocycles. The number of rotatable bonds is 9. The van der Waals surface area contributed by atoms with Crippen LogP contribution in [0.2, 0.25) is 0 Å². The smallest absolute Gasteiger partial charge is 0.338 e. The van der Waals surface area contributed by atoms with E-state index >= 15 is 0 Å². The lowest BCUT2D eigenvalue weighted by Crippen LogP contribution is -2.81. The van der Waals surface area contributed by atoms with Crippen molar-refractivity contribution in [2.24, 2.45) is 34.5 Å². The van der Waals surface area contributed by atoms with E-state index in [0.29, 0.717) is 25.1 Å². The van der Waals surface area contributed by atoms with Gasteiger partial charge in [-0.3, -0.25) is 9.69 Å². The van der Waals surface area contributed by atoms with Crippen molar-refractivity contribution in [3.8, 4) is 0 Å². The van der Waals surface area contributed by atoms with Gasteiger partial charge in [0.05, 0.1) is 30.5 Å². The second-order valence-electron chi connectivity index (χ2n) is 14.4. The van der Waals surface area contributed by atoms with Gasteiger partial charge in [0.2, 0.25) is 0 Å². The third-order valence-electron chi connectivity index (χ3n) is 13.2. The molecule has 5 saturated carbocycles. The summed E-state index contributed by atoms with van der Waals surface area (Å²) in [6.45, 7) is 4.68. The number of benzene rings is 1. The number of hydrogen-bond donors (Lipinski definition) is 3. The fourth-order valence-corrected chi connectivity index (χ4v) is 12.3. The Morgan fingerprint density at radius 2 is 1.72 bits per heavy atom. The molecule has 1 saturated heterocycles. The molecule has 6 aliphatic rings. The summed E-state index contributed by atoms with van der Waals surface area (Å²) in [5, 5.41) is 37.3. The van der Waals surface area contributed by atoms with Crippen LogP contribution in [0.25, 0.3) is 0 Å². The summed E-state index contributed by atoms with van der Waals surface area (Å²) in [6, 6.07) is 8.18. The normalized spacial score (nSPS) is 49.9. The molecule has 7 rings (SSSR count). The van der Waals surface area contributed by atoms with Gasteiger partial charge >= 0.3 is 11.9 Å². The molecule has 46 heavy (non-hydrogen) atoms. The van der Waals surface area contributed by atoms with Crippen molar-refractivity contribution in [3.05, 3.63) is 35.9 Å². The molecule has 0 amide bonds. The summed E-state index contributed by atoms with van der Waals surface area (Å²) in [4.78, 5) is 29.3. The maximum Gasteiger partial charge on any atom is 0.338 e. The summed E-state index contributed by atoms with van der Waals surface area (Å²) in [7, 11) is 6.27. The molecule has 3 N–H and O–H groups in total. The van der Waals surface area contributed by atoms with Gasteiger partial charge in [0.1, 0.15) is 23.9 Å². The van der Waals surface area contributed by atoms with Crippen molar-refractivity contribution >= 4 is 11.9 Å². The number of likely N-dealkylation sites (tertiary alicyclic amines) is 1. The zero-order chi connectivity index (χ0) is 33.0. The number of carbonyl (C=O) groups is 2. The van der Waals surface area contributed by atoms with Crippen LogP contribution in [0.1, 0.15) is 37.0 Å². The quantitative estimate of drug-likeness (QED) is 0.323. The lowest BCUT2D eigenvalue weighted by Gasteiger charge is -2.70. The largest absolute Gasteiger partial charge is 0.455 e. The number of esters is 2. The maximum absolute atomic E-state index is 13.8. The molecule has 1 aromatic rings. The van der Waals surface area contributed by atoms with Crippen LogP contribution in [0.15, 0.2) is 30.3 Å². The van der Waals surface area contributed by atoms with Crippen LogP contribution < -0.4 is 0 Å². The standard InChI is InChI=1S/C34H47NO11/c1-7-35-15-31(16-41-3)20(37)13-21(42-4)33-19-14-32(40)28(45-30(39)18-11-9-8-10-12-18)22(19)34(46-17(2)36,27(38)29(32)44-6)23(26(33)35)24(43-5)25(31)33/h8-12,19-29,37-38,40H,7,13-16H2,1-6H3/t19-,20+,21-,22+,23-,24-,25+,26-,27-,28+,29-,31-,32+,33-,34+/m0/s1. The molecule has 1 spiro atoms. The molecule has 1 heterocycles. The van der Waals surface area contributed by atoms with E-state index in [1.807, 2.05) is 6.92 Å². The molecule has 0 aromatic heterocycles. The van der Waals surface area contributed by atoms with Gasteiger partial charge in [-0.05, 0) is 31.0 Å². The summed E-state index contributed by atoms with van der Waals surface area (Å²) in [5.41, 5.74) is -4.79. The van der Waals surface area contributed by atoms with Crippen LogP contribution in [0.3, 0.4) is 0 Å². The van der Waals surface area contributed by atoms with Gasteiger partial charge in [-0.15, -0.1) is 0 Å². The Kier molecular flexibility index (Phi) is 7.69. The van der Waals surface area contributed by atoms with E-state index in [-0.39, 0.29) is 25.0 Å². The highest BCUT2D eigenvalue weighted by atomic mass is 16.6. The molecule has 0 radical (unpaired) electrons. The Bertz CT molecular complexity index is 1360. The van der Waals surface area contributed by atoms with Crippen molar-refractivity contribution in [2.45, 2.75) is 80.6 Å². The molecule has 12 nitrogen and oxygen atoms in total. The number of ether oxygens (including phenoxy) is 6. The highest BCUT2D eigenvalue weighted by Crippen LogP contribution is 2.80. The minimum Gasteiger partial charge on any atom is -0.455 e. The third kappa shape index (κ3) is 3.62. The molecule has 0 unspecified atom stereocenters. The van der Waals surface area contributed by atoms with E-state index in [9.17, 15) is 24.9 Å². The second-order valence-corrected chi connectivity index (χ2v) is 14.4. The van der Waals surface area contributed by atoms with Crippen LogP contribution in [-0.4, -0.2) is 134 Å². The average Bonchev–Trinajstić information content (AvgIpc) is 3.41. The molecule has 254 valence electrons. The van der Waals surface area contributed by atoms with Crippen molar-refractivity contribution < 1.29 is 53.3 Å². The van der Waals surface area contributed by atoms with Crippen LogP contribution in [0, 0.1) is 34.5 Å². The van der Waals surface area contributed by atoms with Crippen molar-refractivity contribution in [3.63, 3.8) is 0 Å². The minimum absolute atomic E-state index is 0.0791. The molecule has 1 aliphatic heterocycles. The van der Waals surface area contributed by atoms with Gasteiger partial charge in [-0.2, -0.15) is 0 Å². The van der Waals surface area contributed by atoms with E-state index in [0.717, 1.165) is 0 Å². The highest BCUT2D eigenvalue weighted by Gasteiger charge is 2.92. The third-order valence-corrected chi connectivity index (χ3v) is 13.2. The van der Waals surface area contributed by atoms with Gasteiger partial charge < -0.3 is 43.7 Å². The first-order chi connectivity index (χ1) is 22.0. The zero-order valence-corrected chi connectivity index (χ0v) is 27.3. The molecular formula is C34H47NO11. The number of carbonyl (C=O) groups excluding carboxylic acids is 2. The van der Waals surface area contributed by atoms with E-state index in [4.69, 9.17) is 28.4 Å². The minimum atomic E-state index is -1.83. The Balaban J connectivity index is 1.53. The number of methoxy groups -OCH3 is 4. The number of piperidine rings is 1. The topological polar surface area (TPSA) is 153 Å². The van der Waals surface area contributed by atoms with Gasteiger partial charge in [0.25, 0.3) is 0 Å². The van der Waals surface area contributed by atoms with Crippen molar-refractivity contribution in [1.29, 1.82) is 0 Å². The molecular weight excluding hydrogens is 598 g/mol. The van der Waals surface area contributed by atoms with Gasteiger partial charge in [-0.1, -0.05) is 25.1 Å². The van der Waals surface area contributed by atoms with Gasteiger partial charge in [-0.25, -0.2) is 4.79 Å². The van der Waals surface area contributed by atoms with Gasteiger partial charge in [0, 0.05) is 83.0 Å². The second kappa shape index (κ2) is 10.9. The number of nitrogens with zero attached hydrogens (tertiary/aromatic N) is 1. The Hall–Kier alpha value is -2.16. The molecule has 12 heteroatoms. The van der Waals surface area contributed by atoms with Crippen LogP contribution >= 0.6 is 0 Å². The summed E-state index contributed by atoms with van der Waals surface area (Å²) in [6.07, 6.45) is -5.49. The first kappa shape index (κ1) is 32.4.